The van der Waals surface area contributed by atoms with Crippen molar-refractivity contribution in [2.75, 3.05) is 0 Å². The van der Waals surface area contributed by atoms with Gasteiger partial charge in [0.25, 0.3) is 0 Å². The monoisotopic (exact) mass is 300 g/mol. The highest BCUT2D eigenvalue weighted by Gasteiger charge is 2.39. The number of hydrogen-bond donors (Lipinski definition) is 0. The molecule has 112 valence electrons. The van der Waals surface area contributed by atoms with E-state index in [1.165, 1.54) is 13.8 Å². The minimum absolute atomic E-state index is 0.0804. The van der Waals surface area contributed by atoms with Crippen LogP contribution < -0.4 is 4.74 Å². The van der Waals surface area contributed by atoms with Gasteiger partial charge in [-0.15, -0.1) is 0 Å². The summed E-state index contributed by atoms with van der Waals surface area (Å²) in [5, 5.41) is 0. The van der Waals surface area contributed by atoms with Crippen molar-refractivity contribution in [3.63, 3.8) is 0 Å². The van der Waals surface area contributed by atoms with Gasteiger partial charge >= 0.3 is 18.3 Å². The van der Waals surface area contributed by atoms with E-state index in [9.17, 15) is 31.1 Å². The Morgan fingerprint density at radius 2 is 1.60 bits per heavy atom. The molecular weight excluding hydrogens is 290 g/mol. The van der Waals surface area contributed by atoms with Crippen LogP contribution in [0.4, 0.5) is 26.3 Å². The van der Waals surface area contributed by atoms with E-state index < -0.39 is 41.1 Å². The fourth-order valence-electron chi connectivity index (χ4n) is 1.24. The lowest BCUT2D eigenvalue weighted by atomic mass is 10.1. The van der Waals surface area contributed by atoms with Gasteiger partial charge < -0.3 is 4.74 Å². The lowest BCUT2D eigenvalue weighted by molar-refractivity contribution is -0.146. The van der Waals surface area contributed by atoms with Gasteiger partial charge in [-0.05, 0) is 18.2 Å². The molecule has 20 heavy (non-hydrogen) atoms. The van der Waals surface area contributed by atoms with Crippen molar-refractivity contribution in [3.05, 3.63) is 29.3 Å². The third-order valence-corrected chi connectivity index (χ3v) is 2.29. The van der Waals surface area contributed by atoms with Crippen LogP contribution in [-0.4, -0.2) is 5.97 Å². The molecule has 0 saturated carbocycles. The smallest absolute Gasteiger partial charge is 0.420 e. The number of carbonyl (C=O) groups excluding carboxylic acids is 1. The van der Waals surface area contributed by atoms with Crippen molar-refractivity contribution < 1.29 is 35.9 Å². The summed E-state index contributed by atoms with van der Waals surface area (Å²) in [6.07, 6.45) is -9.98. The Balaban J connectivity index is 3.29. The summed E-state index contributed by atoms with van der Waals surface area (Å²) in [7, 11) is 0. The van der Waals surface area contributed by atoms with Crippen LogP contribution in [0, 0.1) is 5.92 Å². The molecule has 0 spiro atoms. The van der Waals surface area contributed by atoms with Crippen LogP contribution in [0.15, 0.2) is 18.2 Å². The lowest BCUT2D eigenvalue weighted by Crippen LogP contribution is -2.18. The van der Waals surface area contributed by atoms with Gasteiger partial charge in [-0.2, -0.15) is 26.3 Å². The first kappa shape index (κ1) is 16.3. The first-order valence-electron chi connectivity index (χ1n) is 5.43. The van der Waals surface area contributed by atoms with Gasteiger partial charge in [0.1, 0.15) is 5.75 Å². The van der Waals surface area contributed by atoms with E-state index >= 15 is 0 Å². The minimum atomic E-state index is -5.06. The van der Waals surface area contributed by atoms with Crippen molar-refractivity contribution >= 4 is 5.97 Å². The van der Waals surface area contributed by atoms with Crippen LogP contribution in [0.2, 0.25) is 0 Å². The SMILES string of the molecule is CC(C)C(=O)Oc1ccc(C(F)(F)F)cc1C(F)(F)F. The largest absolute Gasteiger partial charge is 0.426 e. The molecule has 0 aliphatic rings. The maximum atomic E-state index is 12.7. The zero-order valence-electron chi connectivity index (χ0n) is 10.4. The Morgan fingerprint density at radius 3 is 2.00 bits per heavy atom. The number of halogens is 6. The van der Waals surface area contributed by atoms with Crippen LogP contribution in [0.5, 0.6) is 5.75 Å². The van der Waals surface area contributed by atoms with Crippen molar-refractivity contribution in [1.29, 1.82) is 0 Å². The highest BCUT2D eigenvalue weighted by molar-refractivity contribution is 5.74. The fourth-order valence-corrected chi connectivity index (χ4v) is 1.24. The maximum absolute atomic E-state index is 12.7. The second-order valence-corrected chi connectivity index (χ2v) is 4.28. The quantitative estimate of drug-likeness (QED) is 0.463. The Morgan fingerprint density at radius 1 is 1.05 bits per heavy atom. The zero-order valence-corrected chi connectivity index (χ0v) is 10.4. The van der Waals surface area contributed by atoms with Crippen LogP contribution in [-0.2, 0) is 17.1 Å². The Bertz CT molecular complexity index is 502. The maximum Gasteiger partial charge on any atom is 0.420 e. The van der Waals surface area contributed by atoms with Gasteiger partial charge in [0.05, 0.1) is 17.0 Å². The van der Waals surface area contributed by atoms with Crippen molar-refractivity contribution in [2.45, 2.75) is 26.2 Å². The number of carbonyl (C=O) groups is 1. The summed E-state index contributed by atoms with van der Waals surface area (Å²) in [6, 6.07) is 0.840. The minimum Gasteiger partial charge on any atom is -0.426 e. The van der Waals surface area contributed by atoms with Gasteiger partial charge in [0.2, 0.25) is 0 Å². The second-order valence-electron chi connectivity index (χ2n) is 4.28. The summed E-state index contributed by atoms with van der Waals surface area (Å²) in [4.78, 5) is 11.3. The number of hydrogen-bond acceptors (Lipinski definition) is 2. The average Bonchev–Trinajstić information content (AvgIpc) is 2.26. The molecule has 0 unspecified atom stereocenters. The summed E-state index contributed by atoms with van der Waals surface area (Å²) < 4.78 is 79.8. The first-order chi connectivity index (χ1) is 8.93. The second kappa shape index (κ2) is 5.34. The van der Waals surface area contributed by atoms with Crippen molar-refractivity contribution in [3.8, 4) is 5.75 Å². The van der Waals surface area contributed by atoms with E-state index in [-0.39, 0.29) is 6.07 Å². The predicted molar refractivity (Wildman–Crippen MR) is 56.9 cm³/mol. The summed E-state index contributed by atoms with van der Waals surface area (Å²) in [6.45, 7) is 2.78. The van der Waals surface area contributed by atoms with Gasteiger partial charge in [0, 0.05) is 0 Å². The van der Waals surface area contributed by atoms with Crippen LogP contribution >= 0.6 is 0 Å². The van der Waals surface area contributed by atoms with Crippen molar-refractivity contribution in [1.82, 2.24) is 0 Å². The molecule has 0 radical (unpaired) electrons. The Kier molecular flexibility index (Phi) is 4.36. The molecule has 1 aromatic carbocycles. The molecule has 1 aromatic rings. The normalized spacial score (nSPS) is 12.7. The fraction of sp³-hybridized carbons (Fsp3) is 0.417. The van der Waals surface area contributed by atoms with E-state index in [2.05, 4.69) is 4.74 Å². The van der Waals surface area contributed by atoms with Gasteiger partial charge in [-0.3, -0.25) is 4.79 Å². The third-order valence-electron chi connectivity index (χ3n) is 2.29. The number of esters is 1. The molecule has 0 heterocycles. The molecule has 0 N–H and O–H groups in total. The van der Waals surface area contributed by atoms with E-state index in [0.717, 1.165) is 0 Å². The van der Waals surface area contributed by atoms with E-state index in [4.69, 9.17) is 0 Å². The molecule has 2 nitrogen and oxygen atoms in total. The van der Waals surface area contributed by atoms with Gasteiger partial charge in [-0.25, -0.2) is 0 Å². The number of ether oxygens (including phenoxy) is 1. The summed E-state index contributed by atoms with van der Waals surface area (Å²) >= 11 is 0. The van der Waals surface area contributed by atoms with Crippen LogP contribution in [0.25, 0.3) is 0 Å². The molecule has 8 heteroatoms. The van der Waals surface area contributed by atoms with Crippen molar-refractivity contribution in [2.24, 2.45) is 5.92 Å². The van der Waals surface area contributed by atoms with E-state index in [0.29, 0.717) is 12.1 Å². The van der Waals surface area contributed by atoms with E-state index in [1.807, 2.05) is 0 Å². The van der Waals surface area contributed by atoms with Gasteiger partial charge in [0.15, 0.2) is 0 Å². The first-order valence-corrected chi connectivity index (χ1v) is 5.43. The zero-order chi connectivity index (χ0) is 15.7. The standard InChI is InChI=1S/C12H10F6O2/c1-6(2)10(19)20-9-4-3-7(11(13,14)15)5-8(9)12(16,17)18/h3-6H,1-2H3. The average molecular weight is 300 g/mol. The number of rotatable bonds is 2. The predicted octanol–water partition coefficient (Wildman–Crippen LogP) is 4.29. The summed E-state index contributed by atoms with van der Waals surface area (Å²) in [5.74, 6) is -2.61. The molecule has 0 aromatic heterocycles. The molecule has 0 aliphatic heterocycles. The molecular formula is C12H10F6O2. The highest BCUT2D eigenvalue weighted by Crippen LogP contribution is 2.40. The third kappa shape index (κ3) is 3.88. The molecule has 0 aliphatic carbocycles. The lowest BCUT2D eigenvalue weighted by Gasteiger charge is -2.16. The molecule has 0 atom stereocenters. The summed E-state index contributed by atoms with van der Waals surface area (Å²) in [5.41, 5.74) is -3.10. The Labute approximate surface area is 110 Å². The van der Waals surface area contributed by atoms with E-state index in [1.54, 1.807) is 0 Å². The van der Waals surface area contributed by atoms with Gasteiger partial charge in [-0.1, -0.05) is 13.8 Å². The molecule has 0 amide bonds. The molecule has 0 bridgehead atoms. The van der Waals surface area contributed by atoms with Crippen LogP contribution in [0.3, 0.4) is 0 Å². The topological polar surface area (TPSA) is 26.3 Å². The number of benzene rings is 1. The highest BCUT2D eigenvalue weighted by atomic mass is 19.4. The molecule has 1 rings (SSSR count). The molecule has 0 saturated heterocycles. The van der Waals surface area contributed by atoms with Crippen LogP contribution in [0.1, 0.15) is 25.0 Å². The Hall–Kier alpha value is -1.73. The number of alkyl halides is 6. The molecule has 0 fully saturated rings.